The predicted molar refractivity (Wildman–Crippen MR) is 90.2 cm³/mol. The first-order valence-electron chi connectivity index (χ1n) is 7.45. The Morgan fingerprint density at radius 1 is 1.50 bits per heavy atom. The molecule has 4 N–H and O–H groups in total. The second kappa shape index (κ2) is 6.71. The molecule has 2 amide bonds. The summed E-state index contributed by atoms with van der Waals surface area (Å²) in [6.07, 6.45) is 0.486. The van der Waals surface area contributed by atoms with Crippen molar-refractivity contribution in [3.05, 3.63) is 23.8 Å². The van der Waals surface area contributed by atoms with E-state index in [1.54, 1.807) is 23.9 Å². The van der Waals surface area contributed by atoms with Crippen molar-refractivity contribution < 1.29 is 9.59 Å². The van der Waals surface area contributed by atoms with Crippen molar-refractivity contribution in [2.45, 2.75) is 37.6 Å². The maximum Gasteiger partial charge on any atom is 0.251 e. The van der Waals surface area contributed by atoms with Gasteiger partial charge in [0.25, 0.3) is 5.91 Å². The molecule has 0 aromatic heterocycles. The van der Waals surface area contributed by atoms with E-state index in [1.165, 1.54) is 0 Å². The Hall–Kier alpha value is -1.53. The number of hydrogen-bond donors (Lipinski definition) is 3. The summed E-state index contributed by atoms with van der Waals surface area (Å²) in [5, 5.41) is 5.86. The molecule has 1 heterocycles. The number of nitrogens with one attached hydrogen (secondary N) is 2. The highest BCUT2D eigenvalue weighted by Gasteiger charge is 2.29. The summed E-state index contributed by atoms with van der Waals surface area (Å²) in [6, 6.07) is 5.41. The van der Waals surface area contributed by atoms with E-state index in [2.05, 4.69) is 10.6 Å². The fourth-order valence-corrected chi connectivity index (χ4v) is 3.06. The largest absolute Gasteiger partial charge is 0.345 e. The number of thioether (sulfide) groups is 1. The molecule has 2 rings (SSSR count). The average Bonchev–Trinajstić information content (AvgIpc) is 2.66. The number of hydrogen-bond acceptors (Lipinski definition) is 4. The smallest absolute Gasteiger partial charge is 0.251 e. The van der Waals surface area contributed by atoms with Gasteiger partial charge < -0.3 is 16.4 Å². The van der Waals surface area contributed by atoms with Gasteiger partial charge in [0.05, 0.1) is 11.2 Å². The quantitative estimate of drug-likeness (QED) is 0.794. The maximum absolute atomic E-state index is 12.5. The highest BCUT2D eigenvalue weighted by Crippen LogP contribution is 2.31. The van der Waals surface area contributed by atoms with Gasteiger partial charge in [-0.15, -0.1) is 11.8 Å². The van der Waals surface area contributed by atoms with Crippen LogP contribution in [0.4, 0.5) is 5.69 Å². The summed E-state index contributed by atoms with van der Waals surface area (Å²) in [4.78, 5) is 25.1. The van der Waals surface area contributed by atoms with Gasteiger partial charge in [0.1, 0.15) is 0 Å². The molecule has 5 nitrogen and oxygen atoms in total. The number of benzene rings is 1. The summed E-state index contributed by atoms with van der Waals surface area (Å²) in [5.74, 6) is 0.784. The van der Waals surface area contributed by atoms with E-state index < -0.39 is 5.54 Å². The zero-order valence-electron chi connectivity index (χ0n) is 13.2. The molecule has 1 aromatic carbocycles. The van der Waals surface area contributed by atoms with Crippen LogP contribution in [0.2, 0.25) is 0 Å². The lowest BCUT2D eigenvalue weighted by molar-refractivity contribution is -0.115. The van der Waals surface area contributed by atoms with Crippen molar-refractivity contribution >= 4 is 29.3 Å². The molecular formula is C16H23N3O2S. The van der Waals surface area contributed by atoms with Crippen LogP contribution in [0, 0.1) is 5.92 Å². The standard InChI is InChI=1S/C16H23N3O2S/c1-10(2)16(3,9-17)19-15(21)11-4-5-13-12(8-11)18-14(20)6-7-22-13/h4-5,8,10H,6-7,9,17H2,1-3H3,(H,18,20)(H,19,21). The molecule has 0 spiro atoms. The van der Waals surface area contributed by atoms with Crippen LogP contribution in [0.25, 0.3) is 0 Å². The van der Waals surface area contributed by atoms with Gasteiger partial charge in [0.2, 0.25) is 5.91 Å². The lowest BCUT2D eigenvalue weighted by Crippen LogP contribution is -2.55. The number of nitrogens with two attached hydrogens (primary N) is 1. The molecule has 120 valence electrons. The van der Waals surface area contributed by atoms with Crippen LogP contribution in [0.3, 0.4) is 0 Å². The molecular weight excluding hydrogens is 298 g/mol. The molecule has 22 heavy (non-hydrogen) atoms. The van der Waals surface area contributed by atoms with Crippen LogP contribution in [0.1, 0.15) is 37.6 Å². The second-order valence-corrected chi connectivity index (χ2v) is 7.22. The maximum atomic E-state index is 12.5. The molecule has 1 unspecified atom stereocenters. The first-order valence-corrected chi connectivity index (χ1v) is 8.43. The molecule has 1 aromatic rings. The minimum Gasteiger partial charge on any atom is -0.345 e. The third-order valence-corrected chi connectivity index (χ3v) is 5.28. The Kier molecular flexibility index (Phi) is 5.13. The Balaban J connectivity index is 2.23. The Bertz CT molecular complexity index is 589. The number of anilines is 1. The molecule has 1 aliphatic heterocycles. The van der Waals surface area contributed by atoms with Gasteiger partial charge in [-0.05, 0) is 31.0 Å². The zero-order valence-corrected chi connectivity index (χ0v) is 14.0. The zero-order chi connectivity index (χ0) is 16.3. The lowest BCUT2D eigenvalue weighted by atomic mass is 9.88. The summed E-state index contributed by atoms with van der Waals surface area (Å²) in [5.41, 5.74) is 6.59. The van der Waals surface area contributed by atoms with Crippen molar-refractivity contribution in [3.63, 3.8) is 0 Å². The molecule has 0 bridgehead atoms. The topological polar surface area (TPSA) is 84.2 Å². The number of carbonyl (C=O) groups is 2. The second-order valence-electron chi connectivity index (χ2n) is 6.09. The third-order valence-electron chi connectivity index (χ3n) is 4.20. The average molecular weight is 321 g/mol. The van der Waals surface area contributed by atoms with E-state index >= 15 is 0 Å². The highest BCUT2D eigenvalue weighted by molar-refractivity contribution is 7.99. The first kappa shape index (κ1) is 16.8. The number of fused-ring (bicyclic) bond motifs is 1. The lowest BCUT2D eigenvalue weighted by Gasteiger charge is -2.33. The van der Waals surface area contributed by atoms with Gasteiger partial charge in [0, 0.05) is 29.2 Å². The molecule has 1 aliphatic rings. The molecule has 0 saturated carbocycles. The van der Waals surface area contributed by atoms with E-state index in [-0.39, 0.29) is 17.7 Å². The van der Waals surface area contributed by atoms with Crippen molar-refractivity contribution in [2.24, 2.45) is 11.7 Å². The number of rotatable bonds is 4. The molecule has 0 fully saturated rings. The van der Waals surface area contributed by atoms with Crippen molar-refractivity contribution in [2.75, 3.05) is 17.6 Å². The normalized spacial score (nSPS) is 17.2. The van der Waals surface area contributed by atoms with E-state index in [9.17, 15) is 9.59 Å². The van der Waals surface area contributed by atoms with E-state index in [1.807, 2.05) is 26.8 Å². The minimum atomic E-state index is -0.456. The van der Waals surface area contributed by atoms with Crippen LogP contribution in [-0.2, 0) is 4.79 Å². The van der Waals surface area contributed by atoms with Gasteiger partial charge in [-0.3, -0.25) is 9.59 Å². The summed E-state index contributed by atoms with van der Waals surface area (Å²) in [6.45, 7) is 6.37. The molecule has 0 aliphatic carbocycles. The summed E-state index contributed by atoms with van der Waals surface area (Å²) >= 11 is 1.62. The fourth-order valence-electron chi connectivity index (χ4n) is 2.12. The van der Waals surface area contributed by atoms with Crippen LogP contribution >= 0.6 is 11.8 Å². The van der Waals surface area contributed by atoms with E-state index in [0.717, 1.165) is 10.6 Å². The van der Waals surface area contributed by atoms with Crippen molar-refractivity contribution in [1.29, 1.82) is 0 Å². The Morgan fingerprint density at radius 2 is 2.23 bits per heavy atom. The van der Waals surface area contributed by atoms with Gasteiger partial charge >= 0.3 is 0 Å². The van der Waals surface area contributed by atoms with Gasteiger partial charge in [-0.1, -0.05) is 13.8 Å². The van der Waals surface area contributed by atoms with Gasteiger partial charge in [-0.2, -0.15) is 0 Å². The van der Waals surface area contributed by atoms with E-state index in [4.69, 9.17) is 5.73 Å². The summed E-state index contributed by atoms with van der Waals surface area (Å²) < 4.78 is 0. The Labute approximate surface area is 135 Å². The minimum absolute atomic E-state index is 0.0159. The fraction of sp³-hybridized carbons (Fsp3) is 0.500. The highest BCUT2D eigenvalue weighted by atomic mass is 32.2. The van der Waals surface area contributed by atoms with Gasteiger partial charge in [0.15, 0.2) is 0 Å². The first-order chi connectivity index (χ1) is 10.4. The summed E-state index contributed by atoms with van der Waals surface area (Å²) in [7, 11) is 0. The number of amides is 2. The monoisotopic (exact) mass is 321 g/mol. The van der Waals surface area contributed by atoms with E-state index in [0.29, 0.717) is 24.2 Å². The number of carbonyl (C=O) groups excluding carboxylic acids is 2. The predicted octanol–water partition coefficient (Wildman–Crippen LogP) is 2.22. The van der Waals surface area contributed by atoms with Crippen LogP contribution in [0.5, 0.6) is 0 Å². The molecule has 6 heteroatoms. The van der Waals surface area contributed by atoms with Crippen molar-refractivity contribution in [3.8, 4) is 0 Å². The van der Waals surface area contributed by atoms with Crippen LogP contribution in [-0.4, -0.2) is 29.7 Å². The van der Waals surface area contributed by atoms with Gasteiger partial charge in [-0.25, -0.2) is 0 Å². The molecule has 1 atom stereocenters. The van der Waals surface area contributed by atoms with Crippen LogP contribution < -0.4 is 16.4 Å². The molecule has 0 saturated heterocycles. The van der Waals surface area contributed by atoms with Crippen LogP contribution in [0.15, 0.2) is 23.1 Å². The molecule has 0 radical (unpaired) electrons. The SMILES string of the molecule is CC(C)C(C)(CN)NC(=O)c1ccc2c(c1)NC(=O)CCS2. The third kappa shape index (κ3) is 3.62. The Morgan fingerprint density at radius 3 is 2.86 bits per heavy atom. The van der Waals surface area contributed by atoms with Crippen molar-refractivity contribution in [1.82, 2.24) is 5.32 Å².